The third-order valence-electron chi connectivity index (χ3n) is 2.68. The quantitative estimate of drug-likeness (QED) is 0.561. The Bertz CT molecular complexity index is 524. The van der Waals surface area contributed by atoms with Gasteiger partial charge in [-0.2, -0.15) is 0 Å². The molecule has 0 unspecified atom stereocenters. The fraction of sp³-hybridized carbons (Fsp3) is 0.455. The molecule has 110 valence electrons. The van der Waals surface area contributed by atoms with E-state index in [2.05, 4.69) is 0 Å². The molecule has 0 aliphatic heterocycles. The number of amides is 1. The van der Waals surface area contributed by atoms with Gasteiger partial charge in [-0.05, 0) is 11.0 Å². The monoisotopic (exact) mass is 285 g/mol. The molecule has 1 amide bonds. The van der Waals surface area contributed by atoms with Crippen molar-refractivity contribution in [2.24, 2.45) is 7.05 Å². The molecule has 1 aromatic heterocycles. The summed E-state index contributed by atoms with van der Waals surface area (Å²) in [6.07, 6.45) is 0. The lowest BCUT2D eigenvalue weighted by Crippen LogP contribution is -2.38. The van der Waals surface area contributed by atoms with Gasteiger partial charge in [-0.15, -0.1) is 0 Å². The number of hydrogen-bond acceptors (Lipinski definition) is 5. The first kappa shape index (κ1) is 15.6. The van der Waals surface area contributed by atoms with E-state index >= 15 is 0 Å². The second-order valence-corrected chi connectivity index (χ2v) is 4.01. The third kappa shape index (κ3) is 3.54. The summed E-state index contributed by atoms with van der Waals surface area (Å²) in [5.74, 6) is -2.01. The average molecular weight is 285 g/mol. The van der Waals surface area contributed by atoms with Gasteiger partial charge in [0.2, 0.25) is 0 Å². The number of carboxylic acids is 1. The maximum atomic E-state index is 12.2. The fourth-order valence-electron chi connectivity index (χ4n) is 1.68. The van der Waals surface area contributed by atoms with Crippen LogP contribution in [-0.4, -0.2) is 58.2 Å². The predicted octanol–water partition coefficient (Wildman–Crippen LogP) is 0.106. The second kappa shape index (κ2) is 6.66. The van der Waals surface area contributed by atoms with Crippen LogP contribution in [0.2, 0.25) is 0 Å². The van der Waals surface area contributed by atoms with Crippen molar-refractivity contribution in [3.63, 3.8) is 0 Å². The molecule has 1 rings (SSSR count). The van der Waals surface area contributed by atoms with E-state index in [9.17, 15) is 19.7 Å². The topological polar surface area (TPSA) is 115 Å². The number of methoxy groups -OCH3 is 1. The summed E-state index contributed by atoms with van der Waals surface area (Å²) in [5.41, 5.74) is 0.0500. The van der Waals surface area contributed by atoms with Crippen molar-refractivity contribution in [1.82, 2.24) is 9.47 Å². The van der Waals surface area contributed by atoms with Crippen molar-refractivity contribution < 1.29 is 24.4 Å². The Morgan fingerprint density at radius 1 is 1.50 bits per heavy atom. The van der Waals surface area contributed by atoms with Gasteiger partial charge in [-0.1, -0.05) is 0 Å². The molecule has 0 atom stereocenters. The zero-order valence-electron chi connectivity index (χ0n) is 11.1. The number of carbonyl (C=O) groups excluding carboxylic acids is 1. The van der Waals surface area contributed by atoms with E-state index in [4.69, 9.17) is 9.84 Å². The molecule has 0 radical (unpaired) electrons. The number of aliphatic carboxylic acids is 1. The van der Waals surface area contributed by atoms with Gasteiger partial charge in [0.15, 0.2) is 5.69 Å². The molecule has 0 fully saturated rings. The van der Waals surface area contributed by atoms with Crippen LogP contribution >= 0.6 is 0 Å². The zero-order valence-corrected chi connectivity index (χ0v) is 11.1. The molecule has 0 saturated carbocycles. The smallest absolute Gasteiger partial charge is 0.323 e. The molecule has 0 aliphatic carbocycles. The van der Waals surface area contributed by atoms with Gasteiger partial charge in [0, 0.05) is 19.7 Å². The summed E-state index contributed by atoms with van der Waals surface area (Å²) in [5, 5.41) is 19.5. The SMILES string of the molecule is COCCN(CC(=O)O)C(=O)c1ccc([N+](=O)[O-])n1C. The average Bonchev–Trinajstić information content (AvgIpc) is 2.75. The molecule has 9 nitrogen and oxygen atoms in total. The molecular formula is C11H15N3O6. The number of rotatable bonds is 7. The highest BCUT2D eigenvalue weighted by Gasteiger charge is 2.26. The predicted molar refractivity (Wildman–Crippen MR) is 67.5 cm³/mol. The summed E-state index contributed by atoms with van der Waals surface area (Å²) in [6, 6.07) is 2.49. The van der Waals surface area contributed by atoms with Gasteiger partial charge in [0.05, 0.1) is 13.7 Å². The fourth-order valence-corrected chi connectivity index (χ4v) is 1.68. The number of carbonyl (C=O) groups is 2. The summed E-state index contributed by atoms with van der Waals surface area (Å²) >= 11 is 0. The van der Waals surface area contributed by atoms with Crippen molar-refractivity contribution in [1.29, 1.82) is 0 Å². The van der Waals surface area contributed by atoms with E-state index in [1.54, 1.807) is 0 Å². The maximum Gasteiger partial charge on any atom is 0.323 e. The minimum Gasteiger partial charge on any atom is -0.480 e. The first-order chi connectivity index (χ1) is 9.38. The normalized spacial score (nSPS) is 10.3. The summed E-state index contributed by atoms with van der Waals surface area (Å²) < 4.78 is 5.93. The summed E-state index contributed by atoms with van der Waals surface area (Å²) in [7, 11) is 2.80. The Labute approximate surface area is 114 Å². The van der Waals surface area contributed by atoms with Gasteiger partial charge in [-0.25, -0.2) is 4.57 Å². The molecule has 1 N–H and O–H groups in total. The van der Waals surface area contributed by atoms with Crippen LogP contribution in [0.5, 0.6) is 0 Å². The highest BCUT2D eigenvalue weighted by Crippen LogP contribution is 2.16. The largest absolute Gasteiger partial charge is 0.480 e. The van der Waals surface area contributed by atoms with E-state index in [0.717, 1.165) is 9.47 Å². The Balaban J connectivity index is 2.99. The standard InChI is InChI=1S/C11H15N3O6/c1-12-8(3-4-9(12)14(18)19)11(17)13(5-6-20-2)7-10(15)16/h3-4H,5-7H2,1-2H3,(H,15,16). The zero-order chi connectivity index (χ0) is 15.3. The Morgan fingerprint density at radius 3 is 2.60 bits per heavy atom. The minimum atomic E-state index is -1.17. The third-order valence-corrected chi connectivity index (χ3v) is 2.68. The van der Waals surface area contributed by atoms with E-state index < -0.39 is 23.3 Å². The molecule has 0 spiro atoms. The van der Waals surface area contributed by atoms with Crippen molar-refractivity contribution in [3.05, 3.63) is 27.9 Å². The Hall–Kier alpha value is -2.42. The van der Waals surface area contributed by atoms with E-state index in [0.29, 0.717) is 0 Å². The van der Waals surface area contributed by atoms with Crippen LogP contribution in [0.1, 0.15) is 10.5 Å². The number of nitro groups is 1. The van der Waals surface area contributed by atoms with Gasteiger partial charge in [0.25, 0.3) is 5.91 Å². The highest BCUT2D eigenvalue weighted by atomic mass is 16.6. The van der Waals surface area contributed by atoms with Crippen molar-refractivity contribution >= 4 is 17.7 Å². The van der Waals surface area contributed by atoms with Gasteiger partial charge >= 0.3 is 11.8 Å². The summed E-state index contributed by atoms with van der Waals surface area (Å²) in [4.78, 5) is 34.1. The number of aromatic nitrogens is 1. The van der Waals surface area contributed by atoms with Gasteiger partial charge < -0.3 is 24.9 Å². The van der Waals surface area contributed by atoms with E-state index in [1.807, 2.05) is 0 Å². The number of carboxylic acid groups (broad SMARTS) is 1. The lowest BCUT2D eigenvalue weighted by molar-refractivity contribution is -0.391. The Morgan fingerprint density at radius 2 is 2.15 bits per heavy atom. The lowest BCUT2D eigenvalue weighted by Gasteiger charge is -2.19. The van der Waals surface area contributed by atoms with Crippen LogP contribution < -0.4 is 0 Å². The van der Waals surface area contributed by atoms with Crippen LogP contribution in [0.4, 0.5) is 5.82 Å². The van der Waals surface area contributed by atoms with Crippen LogP contribution in [0.15, 0.2) is 12.1 Å². The van der Waals surface area contributed by atoms with Crippen molar-refractivity contribution in [2.75, 3.05) is 26.8 Å². The van der Waals surface area contributed by atoms with Crippen LogP contribution in [0, 0.1) is 10.1 Å². The van der Waals surface area contributed by atoms with Gasteiger partial charge in [-0.3, -0.25) is 9.59 Å². The first-order valence-electron chi connectivity index (χ1n) is 5.68. The molecule has 1 aromatic rings. The molecule has 0 aliphatic rings. The maximum absolute atomic E-state index is 12.2. The van der Waals surface area contributed by atoms with Gasteiger partial charge in [0.1, 0.15) is 6.54 Å². The van der Waals surface area contributed by atoms with Crippen molar-refractivity contribution in [2.45, 2.75) is 0 Å². The highest BCUT2D eigenvalue weighted by molar-refractivity contribution is 5.95. The molecule has 0 saturated heterocycles. The first-order valence-corrected chi connectivity index (χ1v) is 5.68. The van der Waals surface area contributed by atoms with Crippen LogP contribution in [0.25, 0.3) is 0 Å². The second-order valence-electron chi connectivity index (χ2n) is 4.01. The molecule has 0 bridgehead atoms. The van der Waals surface area contributed by atoms with E-state index in [-0.39, 0.29) is 24.7 Å². The number of ether oxygens (including phenoxy) is 1. The number of nitrogens with zero attached hydrogens (tertiary/aromatic N) is 3. The van der Waals surface area contributed by atoms with Crippen LogP contribution in [-0.2, 0) is 16.6 Å². The lowest BCUT2D eigenvalue weighted by atomic mass is 10.3. The molecular weight excluding hydrogens is 270 g/mol. The molecule has 0 aromatic carbocycles. The molecule has 9 heteroatoms. The Kier molecular flexibility index (Phi) is 5.21. The molecule has 1 heterocycles. The van der Waals surface area contributed by atoms with Crippen LogP contribution in [0.3, 0.4) is 0 Å². The van der Waals surface area contributed by atoms with E-state index in [1.165, 1.54) is 26.3 Å². The summed E-state index contributed by atoms with van der Waals surface area (Å²) in [6.45, 7) is -0.243. The minimum absolute atomic E-state index is 0.0500. The molecule has 20 heavy (non-hydrogen) atoms. The van der Waals surface area contributed by atoms with Crippen molar-refractivity contribution in [3.8, 4) is 0 Å². The number of hydrogen-bond donors (Lipinski definition) is 1.